The number of para-hydroxylation sites is 1. The van der Waals surface area contributed by atoms with Crippen LogP contribution < -0.4 is 11.1 Å². The van der Waals surface area contributed by atoms with Gasteiger partial charge in [-0.15, -0.1) is 0 Å². The zero-order valence-electron chi connectivity index (χ0n) is 11.4. The molecule has 102 valence electrons. The number of nitrogens with zero attached hydrogens (tertiary/aromatic N) is 2. The largest absolute Gasteiger partial charge is 0.368 e. The first-order valence-electron chi connectivity index (χ1n) is 6.46. The Morgan fingerprint density at radius 2 is 2.21 bits per heavy atom. The molecule has 0 aliphatic rings. The molecule has 0 fully saturated rings. The molecule has 0 aliphatic heterocycles. The number of aryl methyl sites for hydroxylation is 1. The number of primary amides is 1. The third-order valence-corrected chi connectivity index (χ3v) is 3.69. The van der Waals surface area contributed by atoms with Gasteiger partial charge < -0.3 is 11.1 Å². The quantitative estimate of drug-likeness (QED) is 0.821. The summed E-state index contributed by atoms with van der Waals surface area (Å²) in [5, 5.41) is 8.49. The van der Waals surface area contributed by atoms with Crippen LogP contribution in [0.1, 0.15) is 19.8 Å². The van der Waals surface area contributed by atoms with Gasteiger partial charge in [0.1, 0.15) is 0 Å². The van der Waals surface area contributed by atoms with Gasteiger partial charge in [0.15, 0.2) is 0 Å². The van der Waals surface area contributed by atoms with E-state index in [0.29, 0.717) is 6.42 Å². The number of fused-ring (bicyclic) bond motifs is 1. The SMILES string of the molecule is CNC(C)(CCCn1ncc2ccccc21)C(N)=O. The molecule has 3 N–H and O–H groups in total. The number of carbonyl (C=O) groups is 1. The Morgan fingerprint density at radius 3 is 2.89 bits per heavy atom. The van der Waals surface area contributed by atoms with Crippen LogP contribution in [-0.4, -0.2) is 28.3 Å². The van der Waals surface area contributed by atoms with E-state index in [1.54, 1.807) is 7.05 Å². The second-order valence-corrected chi connectivity index (χ2v) is 4.98. The van der Waals surface area contributed by atoms with Gasteiger partial charge in [-0.1, -0.05) is 18.2 Å². The molecule has 0 aliphatic carbocycles. The van der Waals surface area contributed by atoms with E-state index in [9.17, 15) is 4.79 Å². The van der Waals surface area contributed by atoms with Crippen molar-refractivity contribution in [2.45, 2.75) is 31.8 Å². The molecule has 2 rings (SSSR count). The van der Waals surface area contributed by atoms with E-state index in [0.717, 1.165) is 23.9 Å². The maximum atomic E-state index is 11.4. The standard InChI is InChI=1S/C14H20N4O/c1-14(16-2,13(15)19)8-5-9-18-12-7-4-3-6-11(12)10-17-18/h3-4,6-7,10,16H,5,8-9H2,1-2H3,(H2,15,19). The summed E-state index contributed by atoms with van der Waals surface area (Å²) < 4.78 is 1.96. The fourth-order valence-corrected chi connectivity index (χ4v) is 2.16. The molecule has 1 aromatic heterocycles. The molecule has 1 heterocycles. The summed E-state index contributed by atoms with van der Waals surface area (Å²) >= 11 is 0. The maximum absolute atomic E-state index is 11.4. The molecule has 5 nitrogen and oxygen atoms in total. The summed E-state index contributed by atoms with van der Waals surface area (Å²) in [6, 6.07) is 8.09. The van der Waals surface area contributed by atoms with Crippen LogP contribution in [0.25, 0.3) is 10.9 Å². The van der Waals surface area contributed by atoms with E-state index in [4.69, 9.17) is 5.73 Å². The Labute approximate surface area is 112 Å². The van der Waals surface area contributed by atoms with Gasteiger partial charge in [0.2, 0.25) is 5.91 Å². The molecule has 1 unspecified atom stereocenters. The molecule has 0 saturated heterocycles. The van der Waals surface area contributed by atoms with Crippen LogP contribution in [-0.2, 0) is 11.3 Å². The summed E-state index contributed by atoms with van der Waals surface area (Å²) in [6.45, 7) is 2.61. The normalized spacial score (nSPS) is 14.4. The summed E-state index contributed by atoms with van der Waals surface area (Å²) in [5.74, 6) is -0.319. The number of carbonyl (C=O) groups excluding carboxylic acids is 1. The van der Waals surface area contributed by atoms with Gasteiger partial charge in [-0.2, -0.15) is 5.10 Å². The monoisotopic (exact) mass is 260 g/mol. The number of nitrogens with one attached hydrogen (secondary N) is 1. The summed E-state index contributed by atoms with van der Waals surface area (Å²) in [7, 11) is 1.76. The Kier molecular flexibility index (Phi) is 3.85. The average Bonchev–Trinajstić information content (AvgIpc) is 2.82. The first-order valence-corrected chi connectivity index (χ1v) is 6.46. The number of hydrogen-bond donors (Lipinski definition) is 2. The van der Waals surface area contributed by atoms with Gasteiger partial charge in [-0.3, -0.25) is 9.48 Å². The highest BCUT2D eigenvalue weighted by Crippen LogP contribution is 2.16. The highest BCUT2D eigenvalue weighted by atomic mass is 16.1. The molecule has 19 heavy (non-hydrogen) atoms. The summed E-state index contributed by atoms with van der Waals surface area (Å²) in [4.78, 5) is 11.4. The van der Waals surface area contributed by atoms with Crippen molar-refractivity contribution in [2.75, 3.05) is 7.05 Å². The molecule has 1 atom stereocenters. The fourth-order valence-electron chi connectivity index (χ4n) is 2.16. The number of hydrogen-bond acceptors (Lipinski definition) is 3. The molecule has 0 spiro atoms. The summed E-state index contributed by atoms with van der Waals surface area (Å²) in [5.41, 5.74) is 5.88. The zero-order chi connectivity index (χ0) is 13.9. The molecule has 0 radical (unpaired) electrons. The maximum Gasteiger partial charge on any atom is 0.237 e. The Balaban J connectivity index is 2.01. The lowest BCUT2D eigenvalue weighted by molar-refractivity contribution is -0.123. The third kappa shape index (κ3) is 2.76. The van der Waals surface area contributed by atoms with Gasteiger partial charge >= 0.3 is 0 Å². The van der Waals surface area contributed by atoms with Crippen molar-refractivity contribution < 1.29 is 4.79 Å². The zero-order valence-corrected chi connectivity index (χ0v) is 11.4. The second kappa shape index (κ2) is 5.40. The fraction of sp³-hybridized carbons (Fsp3) is 0.429. The molecule has 0 saturated carbocycles. The topological polar surface area (TPSA) is 72.9 Å². The lowest BCUT2D eigenvalue weighted by Crippen LogP contribution is -2.51. The van der Waals surface area contributed by atoms with E-state index in [1.165, 1.54) is 0 Å². The van der Waals surface area contributed by atoms with Gasteiger partial charge in [-0.05, 0) is 32.9 Å². The minimum absolute atomic E-state index is 0.319. The van der Waals surface area contributed by atoms with Crippen LogP contribution in [0.2, 0.25) is 0 Å². The number of aromatic nitrogens is 2. The first-order chi connectivity index (χ1) is 9.07. The van der Waals surface area contributed by atoms with E-state index < -0.39 is 5.54 Å². The first kappa shape index (κ1) is 13.5. The van der Waals surface area contributed by atoms with Gasteiger partial charge in [0.05, 0.1) is 17.3 Å². The van der Waals surface area contributed by atoms with Crippen molar-refractivity contribution in [3.05, 3.63) is 30.5 Å². The van der Waals surface area contributed by atoms with Crippen LogP contribution in [0.3, 0.4) is 0 Å². The average molecular weight is 260 g/mol. The number of likely N-dealkylation sites (N-methyl/N-ethyl adjacent to an activating group) is 1. The minimum atomic E-state index is -0.650. The second-order valence-electron chi connectivity index (χ2n) is 4.98. The lowest BCUT2D eigenvalue weighted by atomic mass is 9.95. The lowest BCUT2D eigenvalue weighted by Gasteiger charge is -2.25. The number of amides is 1. The van der Waals surface area contributed by atoms with Crippen molar-refractivity contribution in [2.24, 2.45) is 5.73 Å². The molecule has 5 heteroatoms. The van der Waals surface area contributed by atoms with Crippen molar-refractivity contribution in [3.63, 3.8) is 0 Å². The smallest absolute Gasteiger partial charge is 0.237 e. The van der Waals surface area contributed by atoms with E-state index in [-0.39, 0.29) is 5.91 Å². The van der Waals surface area contributed by atoms with Crippen LogP contribution in [0.15, 0.2) is 30.5 Å². The number of nitrogens with two attached hydrogens (primary N) is 1. The van der Waals surface area contributed by atoms with Gasteiger partial charge in [-0.25, -0.2) is 0 Å². The highest BCUT2D eigenvalue weighted by Gasteiger charge is 2.28. The van der Waals surface area contributed by atoms with Crippen LogP contribution >= 0.6 is 0 Å². The van der Waals surface area contributed by atoms with Crippen LogP contribution in [0.4, 0.5) is 0 Å². The molecular formula is C14H20N4O. The predicted molar refractivity (Wildman–Crippen MR) is 75.6 cm³/mol. The minimum Gasteiger partial charge on any atom is -0.368 e. The number of benzene rings is 1. The molecule has 1 amide bonds. The van der Waals surface area contributed by atoms with E-state index >= 15 is 0 Å². The Hall–Kier alpha value is -1.88. The van der Waals surface area contributed by atoms with Crippen molar-refractivity contribution in [1.82, 2.24) is 15.1 Å². The molecular weight excluding hydrogens is 240 g/mol. The van der Waals surface area contributed by atoms with Crippen molar-refractivity contribution >= 4 is 16.8 Å². The predicted octanol–water partition coefficient (Wildman–Crippen LogP) is 1.28. The van der Waals surface area contributed by atoms with Crippen LogP contribution in [0, 0.1) is 0 Å². The molecule has 1 aromatic carbocycles. The molecule has 0 bridgehead atoms. The summed E-state index contributed by atoms with van der Waals surface area (Å²) in [6.07, 6.45) is 3.39. The van der Waals surface area contributed by atoms with Gasteiger partial charge in [0, 0.05) is 11.9 Å². The van der Waals surface area contributed by atoms with E-state index in [1.807, 2.05) is 42.1 Å². The Morgan fingerprint density at radius 1 is 1.47 bits per heavy atom. The number of rotatable bonds is 6. The third-order valence-electron chi connectivity index (χ3n) is 3.69. The highest BCUT2D eigenvalue weighted by molar-refractivity contribution is 5.84. The van der Waals surface area contributed by atoms with E-state index in [2.05, 4.69) is 10.4 Å². The van der Waals surface area contributed by atoms with Crippen molar-refractivity contribution in [1.29, 1.82) is 0 Å². The van der Waals surface area contributed by atoms with Crippen LogP contribution in [0.5, 0.6) is 0 Å². The Bertz CT molecular complexity index is 578. The van der Waals surface area contributed by atoms with Gasteiger partial charge in [0.25, 0.3) is 0 Å². The molecule has 2 aromatic rings. The van der Waals surface area contributed by atoms with Crippen molar-refractivity contribution in [3.8, 4) is 0 Å².